The van der Waals surface area contributed by atoms with Crippen LogP contribution in [0.5, 0.6) is 5.75 Å². The molecule has 3 aromatic carbocycles. The van der Waals surface area contributed by atoms with Crippen molar-refractivity contribution in [2.75, 3.05) is 38.2 Å². The highest BCUT2D eigenvalue weighted by atomic mass is 19.1. The van der Waals surface area contributed by atoms with E-state index in [0.717, 1.165) is 39.2 Å². The van der Waals surface area contributed by atoms with Crippen molar-refractivity contribution in [3.8, 4) is 16.9 Å². The van der Waals surface area contributed by atoms with Gasteiger partial charge in [-0.3, -0.25) is 9.59 Å². The van der Waals surface area contributed by atoms with Gasteiger partial charge in [0.05, 0.1) is 13.5 Å². The summed E-state index contributed by atoms with van der Waals surface area (Å²) >= 11 is 0. The van der Waals surface area contributed by atoms with E-state index in [0.29, 0.717) is 43.1 Å². The van der Waals surface area contributed by atoms with Gasteiger partial charge in [0.2, 0.25) is 11.7 Å². The summed E-state index contributed by atoms with van der Waals surface area (Å²) in [5.74, 6) is 1.39. The summed E-state index contributed by atoms with van der Waals surface area (Å²) in [6, 6.07) is 23.9. The zero-order valence-electron chi connectivity index (χ0n) is 24.2. The smallest absolute Gasteiger partial charge is 0.227 e. The number of rotatable bonds is 8. The molecule has 0 spiro atoms. The van der Waals surface area contributed by atoms with Crippen molar-refractivity contribution in [3.63, 3.8) is 0 Å². The van der Waals surface area contributed by atoms with Crippen LogP contribution < -0.4 is 9.64 Å². The molecule has 2 aromatic heterocycles. The molecule has 218 valence electrons. The van der Waals surface area contributed by atoms with Crippen molar-refractivity contribution in [1.82, 2.24) is 9.88 Å². The number of ketones is 1. The average molecular weight is 578 g/mol. The predicted octanol–water partition coefficient (Wildman–Crippen LogP) is 6.27. The summed E-state index contributed by atoms with van der Waals surface area (Å²) in [5.41, 5.74) is 4.65. The minimum Gasteiger partial charge on any atom is -0.496 e. The summed E-state index contributed by atoms with van der Waals surface area (Å²) in [5, 5.41) is 0.895. The van der Waals surface area contributed by atoms with Crippen LogP contribution in [0, 0.1) is 12.7 Å². The number of aryl methyl sites for hydroxylation is 1. The van der Waals surface area contributed by atoms with Gasteiger partial charge >= 0.3 is 0 Å². The molecular formula is C35H32FN3O4. The number of furan rings is 1. The fourth-order valence-corrected chi connectivity index (χ4v) is 5.61. The number of carbonyl (C=O) groups is 2. The topological polar surface area (TPSA) is 75.9 Å². The van der Waals surface area contributed by atoms with Crippen molar-refractivity contribution in [1.29, 1.82) is 0 Å². The van der Waals surface area contributed by atoms with Crippen LogP contribution >= 0.6 is 0 Å². The quantitative estimate of drug-likeness (QED) is 0.203. The molecule has 0 N–H and O–H groups in total. The van der Waals surface area contributed by atoms with Crippen LogP contribution in [0.2, 0.25) is 0 Å². The van der Waals surface area contributed by atoms with Crippen LogP contribution in [0.4, 0.5) is 10.2 Å². The number of aromatic nitrogens is 1. The Bertz CT molecular complexity index is 1790. The number of ether oxygens (including phenoxy) is 1. The van der Waals surface area contributed by atoms with Gasteiger partial charge < -0.3 is 19.0 Å². The zero-order valence-corrected chi connectivity index (χ0v) is 24.2. The number of amides is 1. The van der Waals surface area contributed by atoms with Crippen LogP contribution in [-0.2, 0) is 17.6 Å². The number of carbonyl (C=O) groups excluding carboxylic acids is 2. The molecule has 0 bridgehead atoms. The molecule has 1 aliphatic rings. The van der Waals surface area contributed by atoms with Crippen molar-refractivity contribution in [2.45, 2.75) is 19.8 Å². The lowest BCUT2D eigenvalue weighted by atomic mass is 10.0. The minimum atomic E-state index is -0.356. The summed E-state index contributed by atoms with van der Waals surface area (Å²) in [6.45, 7) is 4.25. The second kappa shape index (κ2) is 12.1. The minimum absolute atomic E-state index is 0.0568. The van der Waals surface area contributed by atoms with Crippen molar-refractivity contribution >= 4 is 28.5 Å². The Kier molecular flexibility index (Phi) is 7.92. The Morgan fingerprint density at radius 1 is 0.930 bits per heavy atom. The predicted molar refractivity (Wildman–Crippen MR) is 164 cm³/mol. The number of hydrogen-bond acceptors (Lipinski definition) is 6. The first-order valence-corrected chi connectivity index (χ1v) is 14.3. The van der Waals surface area contributed by atoms with E-state index in [-0.39, 0.29) is 30.3 Å². The number of nitrogens with zero attached hydrogens (tertiary/aromatic N) is 3. The Hall–Kier alpha value is -4.98. The van der Waals surface area contributed by atoms with Gasteiger partial charge in [-0.2, -0.15) is 0 Å². The number of hydrogen-bond donors (Lipinski definition) is 0. The largest absolute Gasteiger partial charge is 0.496 e. The molecule has 1 saturated heterocycles. The van der Waals surface area contributed by atoms with Crippen molar-refractivity contribution in [3.05, 3.63) is 113 Å². The third-order valence-electron chi connectivity index (χ3n) is 8.04. The van der Waals surface area contributed by atoms with E-state index in [1.165, 1.54) is 6.07 Å². The number of pyridine rings is 1. The van der Waals surface area contributed by atoms with Crippen LogP contribution in [0.1, 0.15) is 27.2 Å². The molecule has 5 aromatic rings. The zero-order chi connectivity index (χ0) is 29.9. The summed E-state index contributed by atoms with van der Waals surface area (Å²) in [6.07, 6.45) is 1.95. The monoisotopic (exact) mass is 577 g/mol. The average Bonchev–Trinajstić information content (AvgIpc) is 3.38. The first-order valence-electron chi connectivity index (χ1n) is 14.3. The third kappa shape index (κ3) is 5.86. The molecule has 7 nitrogen and oxygen atoms in total. The molecule has 0 saturated carbocycles. The third-order valence-corrected chi connectivity index (χ3v) is 8.04. The van der Waals surface area contributed by atoms with Gasteiger partial charge in [0.25, 0.3) is 0 Å². The number of benzene rings is 3. The maximum Gasteiger partial charge on any atom is 0.227 e. The molecule has 0 atom stereocenters. The molecule has 0 aliphatic carbocycles. The number of fused-ring (bicyclic) bond motifs is 1. The maximum atomic E-state index is 14.0. The lowest BCUT2D eigenvalue weighted by Gasteiger charge is -2.35. The molecule has 3 heterocycles. The van der Waals surface area contributed by atoms with Gasteiger partial charge in [0, 0.05) is 55.3 Å². The summed E-state index contributed by atoms with van der Waals surface area (Å²) < 4.78 is 25.5. The lowest BCUT2D eigenvalue weighted by Crippen LogP contribution is -2.49. The number of anilines is 1. The molecule has 1 aliphatic heterocycles. The Morgan fingerprint density at radius 2 is 1.70 bits per heavy atom. The van der Waals surface area contributed by atoms with Gasteiger partial charge in [-0.1, -0.05) is 48.5 Å². The summed E-state index contributed by atoms with van der Waals surface area (Å²) in [4.78, 5) is 34.5. The van der Waals surface area contributed by atoms with Gasteiger partial charge in [0.1, 0.15) is 23.0 Å². The highest BCUT2D eigenvalue weighted by Gasteiger charge is 2.23. The molecule has 43 heavy (non-hydrogen) atoms. The second-order valence-corrected chi connectivity index (χ2v) is 10.7. The Balaban J connectivity index is 1.09. The number of methoxy groups -OCH3 is 1. The molecule has 8 heteroatoms. The fraction of sp³-hybridized carbons (Fsp3) is 0.229. The normalized spacial score (nSPS) is 13.4. The molecular weight excluding hydrogens is 545 g/mol. The van der Waals surface area contributed by atoms with Crippen LogP contribution in [0.15, 0.2) is 89.5 Å². The van der Waals surface area contributed by atoms with Crippen LogP contribution in [-0.4, -0.2) is 54.9 Å². The highest BCUT2D eigenvalue weighted by Crippen LogP contribution is 2.34. The van der Waals surface area contributed by atoms with Crippen molar-refractivity contribution < 1.29 is 23.1 Å². The van der Waals surface area contributed by atoms with E-state index in [2.05, 4.69) is 9.88 Å². The van der Waals surface area contributed by atoms with Crippen LogP contribution in [0.3, 0.4) is 0 Å². The molecule has 6 rings (SSSR count). The molecule has 0 radical (unpaired) electrons. The SMILES string of the molecule is COc1ccccc1-c1ccc2oc(C(=O)Cc3ccc(N4CCN(C(=O)Cc5ccccc5F)CC4)nc3)c(C)c2c1. The van der Waals surface area contributed by atoms with E-state index >= 15 is 0 Å². The number of Topliss-reactive ketones (excluding diaryl/α,β-unsaturated/α-hetero) is 1. The Morgan fingerprint density at radius 3 is 2.44 bits per heavy atom. The van der Waals surface area contributed by atoms with E-state index < -0.39 is 0 Å². The van der Waals surface area contributed by atoms with Crippen LogP contribution in [0.25, 0.3) is 22.1 Å². The number of para-hydroxylation sites is 1. The number of piperazine rings is 1. The van der Waals surface area contributed by atoms with Gasteiger partial charge in [-0.25, -0.2) is 9.37 Å². The van der Waals surface area contributed by atoms with Gasteiger partial charge in [0.15, 0.2) is 5.76 Å². The van der Waals surface area contributed by atoms with Gasteiger partial charge in [-0.05, 0) is 53.9 Å². The molecule has 0 unspecified atom stereocenters. The highest BCUT2D eigenvalue weighted by molar-refractivity contribution is 6.02. The number of halogens is 1. The first kappa shape index (κ1) is 28.2. The van der Waals surface area contributed by atoms with E-state index in [9.17, 15) is 14.0 Å². The fourth-order valence-electron chi connectivity index (χ4n) is 5.61. The lowest BCUT2D eigenvalue weighted by molar-refractivity contribution is -0.130. The standard InChI is InChI=1S/C35H32FN3O4/c1-23-28-20-25(27-8-4-6-10-31(27)42-2)12-13-32(28)43-35(23)30(40)19-24-11-14-33(37-22-24)38-15-17-39(18-16-38)34(41)21-26-7-3-5-9-29(26)36/h3-14,20,22H,15-19,21H2,1-2H3. The van der Waals surface area contributed by atoms with Crippen molar-refractivity contribution in [2.24, 2.45) is 0 Å². The second-order valence-electron chi connectivity index (χ2n) is 10.7. The maximum absolute atomic E-state index is 14.0. The molecule has 1 fully saturated rings. The van der Waals surface area contributed by atoms with E-state index in [1.54, 1.807) is 36.4 Å². The first-order chi connectivity index (χ1) is 20.9. The Labute approximate surface area is 249 Å². The van der Waals surface area contributed by atoms with E-state index in [4.69, 9.17) is 9.15 Å². The van der Waals surface area contributed by atoms with E-state index in [1.807, 2.05) is 61.5 Å². The molecule has 1 amide bonds. The van der Waals surface area contributed by atoms with Gasteiger partial charge in [-0.15, -0.1) is 0 Å². The summed E-state index contributed by atoms with van der Waals surface area (Å²) in [7, 11) is 1.65.